The van der Waals surface area contributed by atoms with E-state index in [0.29, 0.717) is 6.54 Å². The maximum Gasteiger partial charge on any atom is 0.317 e. The number of aliphatic hydroxyl groups excluding tert-OH is 2. The van der Waals surface area contributed by atoms with Crippen LogP contribution in [0.1, 0.15) is 5.56 Å². The van der Waals surface area contributed by atoms with Crippen molar-refractivity contribution in [3.8, 4) is 5.75 Å². The van der Waals surface area contributed by atoms with E-state index in [9.17, 15) is 4.79 Å². The highest BCUT2D eigenvalue weighted by Crippen LogP contribution is 2.12. The number of nitrogens with zero attached hydrogens (tertiary/aromatic N) is 1. The van der Waals surface area contributed by atoms with Crippen LogP contribution in [0.2, 0.25) is 0 Å². The lowest BCUT2D eigenvalue weighted by Gasteiger charge is -2.21. The van der Waals surface area contributed by atoms with Gasteiger partial charge in [-0.15, -0.1) is 0 Å². The summed E-state index contributed by atoms with van der Waals surface area (Å²) < 4.78 is 5.10. The Morgan fingerprint density at radius 2 is 2.00 bits per heavy atom. The molecule has 6 heteroatoms. The molecule has 106 valence electrons. The predicted molar refractivity (Wildman–Crippen MR) is 71.0 cm³/mol. The van der Waals surface area contributed by atoms with Crippen molar-refractivity contribution in [2.75, 3.05) is 33.4 Å². The van der Waals surface area contributed by atoms with Gasteiger partial charge in [-0.3, -0.25) is 0 Å². The molecule has 0 saturated heterocycles. The predicted octanol–water partition coefficient (Wildman–Crippen LogP) is 0.191. The third-order valence-corrected chi connectivity index (χ3v) is 2.60. The molecule has 0 unspecified atom stereocenters. The summed E-state index contributed by atoms with van der Waals surface area (Å²) in [5, 5.41) is 20.4. The molecular formula is C13H20N2O4. The molecule has 0 fully saturated rings. The number of benzene rings is 1. The van der Waals surface area contributed by atoms with E-state index in [1.807, 2.05) is 24.3 Å². The first kappa shape index (κ1) is 15.3. The number of methoxy groups -OCH3 is 1. The molecule has 0 aliphatic heterocycles. The van der Waals surface area contributed by atoms with Gasteiger partial charge >= 0.3 is 6.03 Å². The SMILES string of the molecule is COc1cccc(CNC(=O)N(CCO)CCO)c1. The minimum Gasteiger partial charge on any atom is -0.497 e. The maximum absolute atomic E-state index is 11.8. The number of amides is 2. The molecule has 0 aliphatic carbocycles. The third kappa shape index (κ3) is 5.15. The lowest BCUT2D eigenvalue weighted by atomic mass is 10.2. The Balaban J connectivity index is 2.51. The number of carbonyl (C=O) groups excluding carboxylic acids is 1. The summed E-state index contributed by atoms with van der Waals surface area (Å²) in [7, 11) is 1.59. The number of ether oxygens (including phenoxy) is 1. The number of hydrogen-bond acceptors (Lipinski definition) is 4. The Morgan fingerprint density at radius 1 is 1.32 bits per heavy atom. The summed E-state index contributed by atoms with van der Waals surface area (Å²) in [5.41, 5.74) is 0.917. The zero-order valence-corrected chi connectivity index (χ0v) is 11.0. The van der Waals surface area contributed by atoms with Gasteiger partial charge in [0.2, 0.25) is 0 Å². The van der Waals surface area contributed by atoms with E-state index in [1.54, 1.807) is 7.11 Å². The van der Waals surface area contributed by atoms with E-state index in [-0.39, 0.29) is 32.3 Å². The highest BCUT2D eigenvalue weighted by Gasteiger charge is 2.11. The zero-order valence-electron chi connectivity index (χ0n) is 11.0. The van der Waals surface area contributed by atoms with Crippen LogP contribution < -0.4 is 10.1 Å². The molecule has 1 rings (SSSR count). The van der Waals surface area contributed by atoms with Crippen LogP contribution in [0.3, 0.4) is 0 Å². The number of urea groups is 1. The molecule has 0 bridgehead atoms. The molecule has 0 heterocycles. The quantitative estimate of drug-likeness (QED) is 0.659. The number of nitrogens with one attached hydrogen (secondary N) is 1. The smallest absolute Gasteiger partial charge is 0.317 e. The van der Waals surface area contributed by atoms with E-state index >= 15 is 0 Å². The van der Waals surface area contributed by atoms with Crippen molar-refractivity contribution in [2.45, 2.75) is 6.54 Å². The van der Waals surface area contributed by atoms with Gasteiger partial charge in [-0.25, -0.2) is 4.79 Å². The molecule has 0 aromatic heterocycles. The van der Waals surface area contributed by atoms with Crippen LogP contribution in [-0.4, -0.2) is 54.6 Å². The number of rotatable bonds is 7. The second-order valence-electron chi connectivity index (χ2n) is 3.94. The van der Waals surface area contributed by atoms with Crippen LogP contribution in [-0.2, 0) is 6.54 Å². The molecule has 0 radical (unpaired) electrons. The van der Waals surface area contributed by atoms with Gasteiger partial charge in [0.15, 0.2) is 0 Å². The summed E-state index contributed by atoms with van der Waals surface area (Å²) in [5.74, 6) is 0.731. The standard InChI is InChI=1S/C13H20N2O4/c1-19-12-4-2-3-11(9-12)10-14-13(18)15(5-7-16)6-8-17/h2-4,9,16-17H,5-8,10H2,1H3,(H,14,18). The van der Waals surface area contributed by atoms with Gasteiger partial charge in [-0.05, 0) is 17.7 Å². The molecule has 0 atom stereocenters. The minimum absolute atomic E-state index is 0.132. The largest absolute Gasteiger partial charge is 0.497 e. The fourth-order valence-corrected chi connectivity index (χ4v) is 1.63. The van der Waals surface area contributed by atoms with Gasteiger partial charge in [0, 0.05) is 19.6 Å². The van der Waals surface area contributed by atoms with Gasteiger partial charge in [0.1, 0.15) is 5.75 Å². The van der Waals surface area contributed by atoms with Crippen LogP contribution in [0.15, 0.2) is 24.3 Å². The van der Waals surface area contributed by atoms with Crippen molar-refractivity contribution < 1.29 is 19.7 Å². The Morgan fingerprint density at radius 3 is 2.58 bits per heavy atom. The van der Waals surface area contributed by atoms with Gasteiger partial charge in [-0.1, -0.05) is 12.1 Å². The van der Waals surface area contributed by atoms with Crippen molar-refractivity contribution in [1.82, 2.24) is 10.2 Å². The minimum atomic E-state index is -0.314. The summed E-state index contributed by atoms with van der Waals surface area (Å²) in [6.07, 6.45) is 0. The first-order valence-corrected chi connectivity index (χ1v) is 6.08. The average molecular weight is 268 g/mol. The molecule has 1 aromatic carbocycles. The average Bonchev–Trinajstić information content (AvgIpc) is 2.44. The second-order valence-corrected chi connectivity index (χ2v) is 3.94. The van der Waals surface area contributed by atoms with Crippen molar-refractivity contribution in [3.05, 3.63) is 29.8 Å². The molecule has 0 saturated carbocycles. The van der Waals surface area contributed by atoms with Crippen LogP contribution in [0.5, 0.6) is 5.75 Å². The van der Waals surface area contributed by atoms with E-state index < -0.39 is 0 Å². The second kappa shape index (κ2) is 8.34. The van der Waals surface area contributed by atoms with Crippen LogP contribution >= 0.6 is 0 Å². The fraction of sp³-hybridized carbons (Fsp3) is 0.462. The summed E-state index contributed by atoms with van der Waals surface area (Å²) in [4.78, 5) is 13.2. The first-order valence-electron chi connectivity index (χ1n) is 6.08. The lowest BCUT2D eigenvalue weighted by Crippen LogP contribution is -2.42. The van der Waals surface area contributed by atoms with Gasteiger partial charge in [0.25, 0.3) is 0 Å². The normalized spacial score (nSPS) is 10.1. The van der Waals surface area contributed by atoms with Crippen molar-refractivity contribution >= 4 is 6.03 Å². The monoisotopic (exact) mass is 268 g/mol. The lowest BCUT2D eigenvalue weighted by molar-refractivity contribution is 0.158. The molecule has 6 nitrogen and oxygen atoms in total. The van der Waals surface area contributed by atoms with Crippen molar-refractivity contribution in [3.63, 3.8) is 0 Å². The Hall–Kier alpha value is -1.79. The molecule has 0 aliphatic rings. The zero-order chi connectivity index (χ0) is 14.1. The summed E-state index contributed by atoms with van der Waals surface area (Å²) in [6, 6.07) is 7.08. The fourth-order valence-electron chi connectivity index (χ4n) is 1.63. The Bertz CT molecular complexity index is 392. The maximum atomic E-state index is 11.8. The Labute approximate surface area is 112 Å². The van der Waals surface area contributed by atoms with Crippen LogP contribution in [0, 0.1) is 0 Å². The van der Waals surface area contributed by atoms with Gasteiger partial charge < -0.3 is 25.2 Å². The van der Waals surface area contributed by atoms with Crippen LogP contribution in [0.4, 0.5) is 4.79 Å². The topological polar surface area (TPSA) is 82.0 Å². The van der Waals surface area contributed by atoms with E-state index in [4.69, 9.17) is 14.9 Å². The van der Waals surface area contributed by atoms with E-state index in [2.05, 4.69) is 5.32 Å². The van der Waals surface area contributed by atoms with Gasteiger partial charge in [0.05, 0.1) is 20.3 Å². The van der Waals surface area contributed by atoms with Gasteiger partial charge in [-0.2, -0.15) is 0 Å². The van der Waals surface area contributed by atoms with Crippen LogP contribution in [0.25, 0.3) is 0 Å². The molecular weight excluding hydrogens is 248 g/mol. The van der Waals surface area contributed by atoms with Crippen molar-refractivity contribution in [1.29, 1.82) is 0 Å². The highest BCUT2D eigenvalue weighted by atomic mass is 16.5. The molecule has 3 N–H and O–H groups in total. The molecule has 2 amide bonds. The third-order valence-electron chi connectivity index (χ3n) is 2.60. The Kier molecular flexibility index (Phi) is 6.70. The number of aliphatic hydroxyl groups is 2. The number of carbonyl (C=O) groups is 1. The first-order chi connectivity index (χ1) is 9.21. The molecule has 0 spiro atoms. The summed E-state index contributed by atoms with van der Waals surface area (Å²) in [6.45, 7) is 0.498. The highest BCUT2D eigenvalue weighted by molar-refractivity contribution is 5.74. The number of hydrogen-bond donors (Lipinski definition) is 3. The summed E-state index contributed by atoms with van der Waals surface area (Å²) >= 11 is 0. The van der Waals surface area contributed by atoms with Crippen molar-refractivity contribution in [2.24, 2.45) is 0 Å². The molecule has 19 heavy (non-hydrogen) atoms. The molecule has 1 aromatic rings. The van der Waals surface area contributed by atoms with E-state index in [1.165, 1.54) is 4.90 Å². The van der Waals surface area contributed by atoms with E-state index in [0.717, 1.165) is 11.3 Å².